The number of rotatable bonds is 3. The van der Waals surface area contributed by atoms with Crippen molar-refractivity contribution in [2.45, 2.75) is 18.5 Å². The largest absolute Gasteiger partial charge is 0.478 e. The molecule has 0 aliphatic rings. The van der Waals surface area contributed by atoms with Crippen LogP contribution in [0.15, 0.2) is 24.3 Å². The van der Waals surface area contributed by atoms with Crippen LogP contribution < -0.4 is 4.74 Å². The van der Waals surface area contributed by atoms with E-state index in [2.05, 4.69) is 4.74 Å². The number of para-hydroxylation sites is 1. The lowest BCUT2D eigenvalue weighted by atomic mass is 10.2. The van der Waals surface area contributed by atoms with E-state index in [1.54, 1.807) is 0 Å². The van der Waals surface area contributed by atoms with Gasteiger partial charge < -0.3 is 9.84 Å². The summed E-state index contributed by atoms with van der Waals surface area (Å²) in [4.78, 5) is 10.7. The number of aromatic carboxylic acids is 1. The molecule has 0 unspecified atom stereocenters. The number of halogens is 6. The number of carbonyl (C=O) groups is 1. The van der Waals surface area contributed by atoms with E-state index >= 15 is 0 Å². The minimum absolute atomic E-state index is 0.716. The summed E-state index contributed by atoms with van der Waals surface area (Å²) >= 11 is 0. The van der Waals surface area contributed by atoms with Gasteiger partial charge in [-0.2, -0.15) is 26.3 Å². The third-order valence-corrected chi connectivity index (χ3v) is 1.96. The fraction of sp³-hybridized carbons (Fsp3) is 0.300. The molecule has 0 radical (unpaired) electrons. The second kappa shape index (κ2) is 4.98. The van der Waals surface area contributed by atoms with Crippen molar-refractivity contribution in [3.63, 3.8) is 0 Å². The topological polar surface area (TPSA) is 46.5 Å². The van der Waals surface area contributed by atoms with Crippen molar-refractivity contribution in [2.75, 3.05) is 0 Å². The van der Waals surface area contributed by atoms with Gasteiger partial charge in [-0.25, -0.2) is 4.79 Å². The van der Waals surface area contributed by atoms with Crippen molar-refractivity contribution in [3.8, 4) is 5.75 Å². The molecular formula is C10H6F6O3. The van der Waals surface area contributed by atoms with Gasteiger partial charge in [0.25, 0.3) is 6.10 Å². The highest BCUT2D eigenvalue weighted by molar-refractivity contribution is 5.90. The van der Waals surface area contributed by atoms with Crippen LogP contribution in [0.2, 0.25) is 0 Å². The molecule has 0 saturated heterocycles. The Morgan fingerprint density at radius 1 is 1.05 bits per heavy atom. The molecule has 1 aromatic carbocycles. The summed E-state index contributed by atoms with van der Waals surface area (Å²) in [6.07, 6.45) is -15.5. The molecular weight excluding hydrogens is 282 g/mol. The summed E-state index contributed by atoms with van der Waals surface area (Å²) in [5.74, 6) is -2.70. The van der Waals surface area contributed by atoms with E-state index in [9.17, 15) is 31.1 Å². The van der Waals surface area contributed by atoms with E-state index in [0.717, 1.165) is 18.2 Å². The Balaban J connectivity index is 3.15. The summed E-state index contributed by atoms with van der Waals surface area (Å²) in [7, 11) is 0. The Hall–Kier alpha value is -1.93. The van der Waals surface area contributed by atoms with Crippen LogP contribution in [-0.2, 0) is 0 Å². The van der Waals surface area contributed by atoms with Gasteiger partial charge in [0.15, 0.2) is 0 Å². The molecule has 0 heterocycles. The molecule has 19 heavy (non-hydrogen) atoms. The van der Waals surface area contributed by atoms with Crippen LogP contribution in [0.5, 0.6) is 5.75 Å². The van der Waals surface area contributed by atoms with Crippen LogP contribution in [0, 0.1) is 0 Å². The third-order valence-electron chi connectivity index (χ3n) is 1.96. The molecule has 0 aromatic heterocycles. The quantitative estimate of drug-likeness (QED) is 0.868. The molecule has 0 amide bonds. The lowest BCUT2D eigenvalue weighted by Crippen LogP contribution is -2.46. The number of benzene rings is 1. The first-order valence-corrected chi connectivity index (χ1v) is 4.66. The van der Waals surface area contributed by atoms with E-state index in [0.29, 0.717) is 6.07 Å². The molecule has 1 N–H and O–H groups in total. The van der Waals surface area contributed by atoms with E-state index in [1.165, 1.54) is 0 Å². The molecule has 0 aliphatic heterocycles. The number of carboxylic acid groups (broad SMARTS) is 1. The molecule has 1 rings (SSSR count). The highest BCUT2D eigenvalue weighted by Gasteiger charge is 2.59. The normalized spacial score (nSPS) is 12.6. The number of hydrogen-bond donors (Lipinski definition) is 1. The average Bonchev–Trinajstić information content (AvgIpc) is 2.23. The molecule has 0 aliphatic carbocycles. The van der Waals surface area contributed by atoms with Crippen LogP contribution in [-0.4, -0.2) is 29.5 Å². The van der Waals surface area contributed by atoms with Gasteiger partial charge in [-0.05, 0) is 12.1 Å². The zero-order valence-corrected chi connectivity index (χ0v) is 8.92. The Kier molecular flexibility index (Phi) is 3.97. The first kappa shape index (κ1) is 15.1. The summed E-state index contributed by atoms with van der Waals surface area (Å²) in [5.41, 5.74) is -0.791. The molecule has 9 heteroatoms. The number of carboxylic acids is 1. The first-order chi connectivity index (χ1) is 8.53. The maximum absolute atomic E-state index is 12.2. The smallest absolute Gasteiger partial charge is 0.434 e. The van der Waals surface area contributed by atoms with Crippen LogP contribution in [0.4, 0.5) is 26.3 Å². The maximum Gasteiger partial charge on any atom is 0.434 e. The van der Waals surface area contributed by atoms with Crippen molar-refractivity contribution < 1.29 is 41.0 Å². The van der Waals surface area contributed by atoms with Crippen LogP contribution in [0.25, 0.3) is 0 Å². The summed E-state index contributed by atoms with van der Waals surface area (Å²) in [5, 5.41) is 8.64. The zero-order chi connectivity index (χ0) is 14.8. The highest BCUT2D eigenvalue weighted by Crippen LogP contribution is 2.37. The standard InChI is InChI=1S/C10H6F6O3/c11-9(12,13)8(10(14,15)16)19-6-4-2-1-3-5(6)7(17)18/h1-4,8H,(H,17,18). The van der Waals surface area contributed by atoms with Crippen molar-refractivity contribution in [1.82, 2.24) is 0 Å². The van der Waals surface area contributed by atoms with Crippen molar-refractivity contribution in [2.24, 2.45) is 0 Å². The third kappa shape index (κ3) is 3.76. The number of hydrogen-bond acceptors (Lipinski definition) is 2. The van der Waals surface area contributed by atoms with E-state index in [1.807, 2.05) is 0 Å². The van der Waals surface area contributed by atoms with Gasteiger partial charge in [-0.15, -0.1) is 0 Å². The minimum Gasteiger partial charge on any atom is -0.478 e. The Morgan fingerprint density at radius 3 is 1.95 bits per heavy atom. The Morgan fingerprint density at radius 2 is 1.53 bits per heavy atom. The summed E-state index contributed by atoms with van der Waals surface area (Å²) < 4.78 is 77.3. The van der Waals surface area contributed by atoms with E-state index in [-0.39, 0.29) is 0 Å². The molecule has 0 fully saturated rings. The number of ether oxygens (including phenoxy) is 1. The second-order valence-electron chi connectivity index (χ2n) is 3.38. The second-order valence-corrected chi connectivity index (χ2v) is 3.38. The van der Waals surface area contributed by atoms with Gasteiger partial charge in [0.1, 0.15) is 11.3 Å². The average molecular weight is 288 g/mol. The van der Waals surface area contributed by atoms with E-state index in [4.69, 9.17) is 5.11 Å². The molecule has 0 atom stereocenters. The molecule has 3 nitrogen and oxygen atoms in total. The van der Waals surface area contributed by atoms with Crippen LogP contribution >= 0.6 is 0 Å². The summed E-state index contributed by atoms with van der Waals surface area (Å²) in [6, 6.07) is 3.76. The lowest BCUT2D eigenvalue weighted by Gasteiger charge is -2.24. The molecule has 106 valence electrons. The monoisotopic (exact) mass is 288 g/mol. The molecule has 0 spiro atoms. The fourth-order valence-electron chi connectivity index (χ4n) is 1.19. The molecule has 0 saturated carbocycles. The zero-order valence-electron chi connectivity index (χ0n) is 8.92. The van der Waals surface area contributed by atoms with Gasteiger partial charge in [0, 0.05) is 0 Å². The summed E-state index contributed by atoms with van der Waals surface area (Å²) in [6.45, 7) is 0. The van der Waals surface area contributed by atoms with Crippen molar-refractivity contribution in [1.29, 1.82) is 0 Å². The molecule has 1 aromatic rings. The van der Waals surface area contributed by atoms with Gasteiger partial charge in [-0.3, -0.25) is 0 Å². The van der Waals surface area contributed by atoms with Gasteiger partial charge in [0.2, 0.25) is 0 Å². The lowest BCUT2D eigenvalue weighted by molar-refractivity contribution is -0.299. The number of alkyl halides is 6. The minimum atomic E-state index is -5.70. The van der Waals surface area contributed by atoms with Crippen LogP contribution in [0.1, 0.15) is 10.4 Å². The molecule has 0 bridgehead atoms. The predicted octanol–water partition coefficient (Wildman–Crippen LogP) is 3.26. The maximum atomic E-state index is 12.2. The Bertz CT molecular complexity index is 451. The first-order valence-electron chi connectivity index (χ1n) is 4.66. The Labute approximate surface area is 102 Å². The van der Waals surface area contributed by atoms with Gasteiger partial charge in [0.05, 0.1) is 0 Å². The van der Waals surface area contributed by atoms with Gasteiger partial charge in [-0.1, -0.05) is 12.1 Å². The van der Waals surface area contributed by atoms with Gasteiger partial charge >= 0.3 is 18.3 Å². The van der Waals surface area contributed by atoms with Crippen molar-refractivity contribution >= 4 is 5.97 Å². The predicted molar refractivity (Wildman–Crippen MR) is 49.9 cm³/mol. The fourth-order valence-corrected chi connectivity index (χ4v) is 1.19. The highest BCUT2D eigenvalue weighted by atomic mass is 19.4. The van der Waals surface area contributed by atoms with E-state index < -0.39 is 35.7 Å². The van der Waals surface area contributed by atoms with Crippen LogP contribution in [0.3, 0.4) is 0 Å². The SMILES string of the molecule is O=C(O)c1ccccc1OC(C(F)(F)F)C(F)(F)F. The van der Waals surface area contributed by atoms with Crippen molar-refractivity contribution in [3.05, 3.63) is 29.8 Å².